The SMILES string of the molecule is CCOC(=O)C1CCc2c([nH]c3ccc(Br)c(F)c23)C1. The third kappa shape index (κ3) is 2.14. The summed E-state index contributed by atoms with van der Waals surface area (Å²) in [7, 11) is 0. The highest BCUT2D eigenvalue weighted by molar-refractivity contribution is 9.10. The molecule has 5 heteroatoms. The zero-order valence-electron chi connectivity index (χ0n) is 11.1. The Morgan fingerprint density at radius 3 is 3.10 bits per heavy atom. The van der Waals surface area contributed by atoms with Crippen LogP contribution in [-0.2, 0) is 22.4 Å². The van der Waals surface area contributed by atoms with Gasteiger partial charge < -0.3 is 9.72 Å². The Bertz CT molecular complexity index is 680. The lowest BCUT2D eigenvalue weighted by molar-refractivity contribution is -0.148. The number of carbonyl (C=O) groups excluding carboxylic acids is 1. The number of fused-ring (bicyclic) bond motifs is 3. The molecule has 0 radical (unpaired) electrons. The van der Waals surface area contributed by atoms with Crippen molar-refractivity contribution >= 4 is 32.8 Å². The summed E-state index contributed by atoms with van der Waals surface area (Å²) in [6, 6.07) is 3.56. The number of nitrogens with one attached hydrogen (secondary N) is 1. The molecule has 1 atom stereocenters. The van der Waals surface area contributed by atoms with Crippen LogP contribution in [0.25, 0.3) is 10.9 Å². The highest BCUT2D eigenvalue weighted by atomic mass is 79.9. The zero-order valence-corrected chi connectivity index (χ0v) is 12.7. The lowest BCUT2D eigenvalue weighted by atomic mass is 9.87. The third-order valence-electron chi connectivity index (χ3n) is 3.86. The first-order chi connectivity index (χ1) is 9.61. The van der Waals surface area contributed by atoms with Gasteiger partial charge in [0.2, 0.25) is 0 Å². The number of H-pyrrole nitrogens is 1. The van der Waals surface area contributed by atoms with E-state index in [0.717, 1.165) is 16.8 Å². The van der Waals surface area contributed by atoms with Crippen molar-refractivity contribution in [2.24, 2.45) is 5.92 Å². The van der Waals surface area contributed by atoms with Gasteiger partial charge >= 0.3 is 5.97 Å². The maximum Gasteiger partial charge on any atom is 0.309 e. The number of halogens is 2. The molecule has 0 saturated heterocycles. The fraction of sp³-hybridized carbons (Fsp3) is 0.400. The molecular weight excluding hydrogens is 325 g/mol. The van der Waals surface area contributed by atoms with Gasteiger partial charge in [0, 0.05) is 23.0 Å². The summed E-state index contributed by atoms with van der Waals surface area (Å²) < 4.78 is 19.8. The standard InChI is InChI=1S/C15H15BrFNO2/c1-2-20-15(19)8-3-4-9-12(7-8)18-11-6-5-10(16)14(17)13(9)11/h5-6,8,18H,2-4,7H2,1H3. The van der Waals surface area contributed by atoms with Crippen LogP contribution >= 0.6 is 15.9 Å². The first-order valence-electron chi connectivity index (χ1n) is 6.75. The van der Waals surface area contributed by atoms with Crippen LogP contribution < -0.4 is 0 Å². The zero-order chi connectivity index (χ0) is 14.3. The molecule has 1 aliphatic rings. The Morgan fingerprint density at radius 2 is 2.35 bits per heavy atom. The molecule has 1 aliphatic carbocycles. The van der Waals surface area contributed by atoms with E-state index in [2.05, 4.69) is 20.9 Å². The normalized spacial score (nSPS) is 18.1. The maximum absolute atomic E-state index is 14.2. The number of aromatic nitrogens is 1. The predicted octanol–water partition coefficient (Wildman–Crippen LogP) is 3.74. The highest BCUT2D eigenvalue weighted by Crippen LogP contribution is 2.35. The van der Waals surface area contributed by atoms with Gasteiger partial charge in [-0.25, -0.2) is 4.39 Å². The topological polar surface area (TPSA) is 42.1 Å². The Hall–Kier alpha value is -1.36. The van der Waals surface area contributed by atoms with Gasteiger partial charge in [-0.2, -0.15) is 0 Å². The molecule has 1 aromatic heterocycles. The second-order valence-electron chi connectivity index (χ2n) is 5.06. The number of esters is 1. The summed E-state index contributed by atoms with van der Waals surface area (Å²) in [6.07, 6.45) is 2.01. The number of hydrogen-bond donors (Lipinski definition) is 1. The van der Waals surface area contributed by atoms with Gasteiger partial charge in [0.15, 0.2) is 0 Å². The monoisotopic (exact) mass is 339 g/mol. The van der Waals surface area contributed by atoms with E-state index in [4.69, 9.17) is 4.74 Å². The van der Waals surface area contributed by atoms with Crippen LogP contribution in [0.5, 0.6) is 0 Å². The maximum atomic E-state index is 14.2. The van der Waals surface area contributed by atoms with Crippen molar-refractivity contribution in [3.63, 3.8) is 0 Å². The van der Waals surface area contributed by atoms with Gasteiger partial charge in [0.05, 0.1) is 17.0 Å². The predicted molar refractivity (Wildman–Crippen MR) is 78.1 cm³/mol. The molecule has 2 aromatic rings. The van der Waals surface area contributed by atoms with Crippen LogP contribution in [0.1, 0.15) is 24.6 Å². The van der Waals surface area contributed by atoms with Gasteiger partial charge in [-0.1, -0.05) is 0 Å². The molecule has 1 heterocycles. The van der Waals surface area contributed by atoms with E-state index < -0.39 is 0 Å². The van der Waals surface area contributed by atoms with Crippen LogP contribution in [0, 0.1) is 11.7 Å². The van der Waals surface area contributed by atoms with Crippen LogP contribution in [0.3, 0.4) is 0 Å². The first-order valence-corrected chi connectivity index (χ1v) is 7.55. The van der Waals surface area contributed by atoms with Gasteiger partial charge in [-0.15, -0.1) is 0 Å². The molecule has 0 aliphatic heterocycles. The average Bonchev–Trinajstić information content (AvgIpc) is 2.81. The van der Waals surface area contributed by atoms with Crippen molar-refractivity contribution in [1.82, 2.24) is 4.98 Å². The molecule has 1 aromatic carbocycles. The number of carbonyl (C=O) groups is 1. The van der Waals surface area contributed by atoms with Crippen LogP contribution in [0.4, 0.5) is 4.39 Å². The first kappa shape index (κ1) is 13.6. The van der Waals surface area contributed by atoms with E-state index in [1.807, 2.05) is 13.0 Å². The van der Waals surface area contributed by atoms with Crippen LogP contribution in [-0.4, -0.2) is 17.6 Å². The molecule has 0 fully saturated rings. The second kappa shape index (κ2) is 5.20. The fourth-order valence-electron chi connectivity index (χ4n) is 2.92. The summed E-state index contributed by atoms with van der Waals surface area (Å²) in [5, 5.41) is 0.650. The van der Waals surface area contributed by atoms with Gasteiger partial charge in [-0.05, 0) is 53.4 Å². The Kier molecular flexibility index (Phi) is 3.54. The number of benzene rings is 1. The summed E-state index contributed by atoms with van der Waals surface area (Å²) in [4.78, 5) is 15.1. The molecule has 106 valence electrons. The molecule has 0 amide bonds. The van der Waals surface area contributed by atoms with E-state index >= 15 is 0 Å². The van der Waals surface area contributed by atoms with Gasteiger partial charge in [-0.3, -0.25) is 4.79 Å². The summed E-state index contributed by atoms with van der Waals surface area (Å²) >= 11 is 3.22. The van der Waals surface area contributed by atoms with E-state index in [1.54, 1.807) is 6.07 Å². The number of hydrogen-bond acceptors (Lipinski definition) is 2. The minimum Gasteiger partial charge on any atom is -0.466 e. The Labute approximate surface area is 124 Å². The molecule has 0 spiro atoms. The van der Waals surface area contributed by atoms with Crippen molar-refractivity contribution in [2.75, 3.05) is 6.61 Å². The van der Waals surface area contributed by atoms with Gasteiger partial charge in [0.1, 0.15) is 5.82 Å². The Balaban J connectivity index is 1.99. The van der Waals surface area contributed by atoms with Crippen molar-refractivity contribution in [1.29, 1.82) is 0 Å². The molecule has 1 unspecified atom stereocenters. The third-order valence-corrected chi connectivity index (χ3v) is 4.47. The van der Waals surface area contributed by atoms with Gasteiger partial charge in [0.25, 0.3) is 0 Å². The van der Waals surface area contributed by atoms with Crippen LogP contribution in [0.15, 0.2) is 16.6 Å². The molecular formula is C15H15BrFNO2. The molecule has 3 nitrogen and oxygen atoms in total. The van der Waals surface area contributed by atoms with E-state index in [0.29, 0.717) is 35.7 Å². The van der Waals surface area contributed by atoms with Crippen molar-refractivity contribution < 1.29 is 13.9 Å². The van der Waals surface area contributed by atoms with E-state index in [9.17, 15) is 9.18 Å². The molecule has 0 saturated carbocycles. The quantitative estimate of drug-likeness (QED) is 0.847. The smallest absolute Gasteiger partial charge is 0.309 e. The molecule has 1 N–H and O–H groups in total. The average molecular weight is 340 g/mol. The van der Waals surface area contributed by atoms with E-state index in [1.165, 1.54) is 0 Å². The van der Waals surface area contributed by atoms with Crippen molar-refractivity contribution in [3.8, 4) is 0 Å². The molecule has 0 bridgehead atoms. The van der Waals surface area contributed by atoms with Crippen molar-refractivity contribution in [2.45, 2.75) is 26.2 Å². The molecule has 20 heavy (non-hydrogen) atoms. The number of aromatic amines is 1. The number of ether oxygens (including phenoxy) is 1. The second-order valence-corrected chi connectivity index (χ2v) is 5.91. The van der Waals surface area contributed by atoms with Crippen LogP contribution in [0.2, 0.25) is 0 Å². The summed E-state index contributed by atoms with van der Waals surface area (Å²) in [5.74, 6) is -0.505. The van der Waals surface area contributed by atoms with Crippen molar-refractivity contribution in [3.05, 3.63) is 33.7 Å². The largest absolute Gasteiger partial charge is 0.466 e. The van der Waals surface area contributed by atoms with E-state index in [-0.39, 0.29) is 17.7 Å². The number of aryl methyl sites for hydroxylation is 1. The Morgan fingerprint density at radius 1 is 1.55 bits per heavy atom. The lowest BCUT2D eigenvalue weighted by Crippen LogP contribution is -2.24. The number of rotatable bonds is 2. The summed E-state index contributed by atoms with van der Waals surface area (Å²) in [5.41, 5.74) is 2.75. The molecule has 3 rings (SSSR count). The summed E-state index contributed by atoms with van der Waals surface area (Å²) in [6.45, 7) is 2.21. The minimum atomic E-state index is -0.227. The fourth-order valence-corrected chi connectivity index (χ4v) is 3.25. The lowest BCUT2D eigenvalue weighted by Gasteiger charge is -2.20. The minimum absolute atomic E-state index is 0.123. The highest BCUT2D eigenvalue weighted by Gasteiger charge is 2.29.